The summed E-state index contributed by atoms with van der Waals surface area (Å²) in [4.78, 5) is 24.6. The minimum atomic E-state index is -0.663. The molecule has 1 amide bonds. The molecule has 6 nitrogen and oxygen atoms in total. The first-order chi connectivity index (χ1) is 41.5. The zero-order chi connectivity index (χ0) is 60.6. The summed E-state index contributed by atoms with van der Waals surface area (Å²) in [5.74, 6) is -0.0253. The Kier molecular flexibility index (Phi) is 71.4. The highest BCUT2D eigenvalue weighted by Gasteiger charge is 2.20. The molecule has 0 aliphatic rings. The van der Waals surface area contributed by atoms with Crippen LogP contribution in [0.5, 0.6) is 0 Å². The lowest BCUT2D eigenvalue weighted by atomic mass is 10.0. The van der Waals surface area contributed by atoms with Crippen LogP contribution in [0.2, 0.25) is 0 Å². The molecule has 0 heterocycles. The number of esters is 1. The number of aliphatic hydroxyl groups excluding tert-OH is 2. The lowest BCUT2D eigenvalue weighted by Gasteiger charge is -2.22. The molecule has 2 atom stereocenters. The van der Waals surface area contributed by atoms with Crippen LogP contribution in [0.4, 0.5) is 0 Å². The Morgan fingerprint density at radius 1 is 0.333 bits per heavy atom. The fraction of sp³-hybridized carbons (Fsp3) is 0.872. The van der Waals surface area contributed by atoms with Crippen LogP contribution in [0.3, 0.4) is 0 Å². The molecular weight excluding hydrogens is 1030 g/mol. The van der Waals surface area contributed by atoms with Gasteiger partial charge in [0.15, 0.2) is 0 Å². The van der Waals surface area contributed by atoms with Gasteiger partial charge in [-0.2, -0.15) is 0 Å². The zero-order valence-electron chi connectivity index (χ0n) is 56.6. The number of nitrogens with one attached hydrogen (secondary N) is 1. The molecule has 3 N–H and O–H groups in total. The molecule has 0 aromatic heterocycles. The zero-order valence-corrected chi connectivity index (χ0v) is 56.6. The molecule has 0 saturated carbocycles. The van der Waals surface area contributed by atoms with Crippen molar-refractivity contribution in [3.8, 4) is 0 Å². The number of allylic oxidation sites excluding steroid dienone is 8. The quantitative estimate of drug-likeness (QED) is 0.0320. The second-order valence-electron chi connectivity index (χ2n) is 26.0. The molecule has 0 rings (SSSR count). The van der Waals surface area contributed by atoms with Crippen molar-refractivity contribution in [1.82, 2.24) is 5.32 Å². The smallest absolute Gasteiger partial charge is 0.305 e. The molecule has 2 unspecified atom stereocenters. The van der Waals surface area contributed by atoms with Crippen molar-refractivity contribution in [3.05, 3.63) is 48.6 Å². The van der Waals surface area contributed by atoms with E-state index in [9.17, 15) is 19.8 Å². The van der Waals surface area contributed by atoms with Crippen LogP contribution in [0.15, 0.2) is 48.6 Å². The normalized spacial score (nSPS) is 12.8. The molecule has 0 fully saturated rings. The van der Waals surface area contributed by atoms with Crippen molar-refractivity contribution >= 4 is 11.9 Å². The first-order valence-corrected chi connectivity index (χ1v) is 37.9. The van der Waals surface area contributed by atoms with Crippen LogP contribution < -0.4 is 5.32 Å². The third kappa shape index (κ3) is 68.9. The van der Waals surface area contributed by atoms with Gasteiger partial charge >= 0.3 is 5.97 Å². The second kappa shape index (κ2) is 73.3. The van der Waals surface area contributed by atoms with E-state index < -0.39 is 12.1 Å². The Labute approximate surface area is 525 Å². The topological polar surface area (TPSA) is 95.9 Å². The van der Waals surface area contributed by atoms with Crippen molar-refractivity contribution in [2.45, 2.75) is 424 Å². The molecule has 494 valence electrons. The van der Waals surface area contributed by atoms with Crippen LogP contribution in [-0.2, 0) is 14.3 Å². The highest BCUT2D eigenvalue weighted by Crippen LogP contribution is 2.19. The highest BCUT2D eigenvalue weighted by atomic mass is 16.5. The number of rotatable bonds is 71. The van der Waals surface area contributed by atoms with Crippen LogP contribution in [0.1, 0.15) is 412 Å². The van der Waals surface area contributed by atoms with Crippen LogP contribution in [0.25, 0.3) is 0 Å². The summed E-state index contributed by atoms with van der Waals surface area (Å²) in [6.07, 6.45) is 96.2. The molecule has 0 radical (unpaired) electrons. The molecule has 0 spiro atoms. The fourth-order valence-corrected chi connectivity index (χ4v) is 11.8. The first kappa shape index (κ1) is 81.8. The molecule has 0 aromatic rings. The molecule has 84 heavy (non-hydrogen) atoms. The van der Waals surface area contributed by atoms with Gasteiger partial charge in [-0.15, -0.1) is 0 Å². The van der Waals surface area contributed by atoms with Crippen molar-refractivity contribution in [2.24, 2.45) is 0 Å². The van der Waals surface area contributed by atoms with Crippen molar-refractivity contribution in [3.63, 3.8) is 0 Å². The van der Waals surface area contributed by atoms with Gasteiger partial charge in [-0.05, 0) is 83.5 Å². The molecule has 0 aliphatic heterocycles. The Morgan fingerprint density at radius 2 is 0.619 bits per heavy atom. The van der Waals surface area contributed by atoms with Gasteiger partial charge in [0.2, 0.25) is 5.91 Å². The summed E-state index contributed by atoms with van der Waals surface area (Å²) in [5, 5.41) is 23.4. The number of aliphatic hydroxyl groups is 2. The molecule has 0 aliphatic carbocycles. The third-order valence-electron chi connectivity index (χ3n) is 17.6. The number of unbranched alkanes of at least 4 members (excludes halogenated alkanes) is 52. The minimum absolute atomic E-state index is 0.00349. The van der Waals surface area contributed by atoms with E-state index in [1.807, 2.05) is 0 Å². The van der Waals surface area contributed by atoms with E-state index in [1.54, 1.807) is 0 Å². The third-order valence-corrected chi connectivity index (χ3v) is 17.6. The van der Waals surface area contributed by atoms with Gasteiger partial charge in [0.05, 0.1) is 25.4 Å². The van der Waals surface area contributed by atoms with Gasteiger partial charge in [0.1, 0.15) is 0 Å². The predicted molar refractivity (Wildman–Crippen MR) is 370 cm³/mol. The average Bonchev–Trinajstić information content (AvgIpc) is 3.51. The van der Waals surface area contributed by atoms with Gasteiger partial charge < -0.3 is 20.3 Å². The minimum Gasteiger partial charge on any atom is -0.466 e. The monoisotopic (exact) mass is 1180 g/mol. The molecule has 6 heteroatoms. The molecule has 0 bridgehead atoms. The fourth-order valence-electron chi connectivity index (χ4n) is 11.8. The maximum absolute atomic E-state index is 12.5. The number of carbonyl (C=O) groups excluding carboxylic acids is 2. The summed E-state index contributed by atoms with van der Waals surface area (Å²) < 4.78 is 5.48. The Hall–Kier alpha value is -2.18. The number of carbonyl (C=O) groups is 2. The van der Waals surface area contributed by atoms with Gasteiger partial charge in [0.25, 0.3) is 0 Å². The van der Waals surface area contributed by atoms with E-state index in [0.717, 1.165) is 57.8 Å². The summed E-state index contributed by atoms with van der Waals surface area (Å²) in [5.41, 5.74) is 0. The maximum atomic E-state index is 12.5. The first-order valence-electron chi connectivity index (χ1n) is 37.9. The summed E-state index contributed by atoms with van der Waals surface area (Å²) in [6.45, 7) is 4.92. The van der Waals surface area contributed by atoms with Crippen molar-refractivity contribution in [1.29, 1.82) is 0 Å². The Morgan fingerprint density at radius 3 is 0.952 bits per heavy atom. The van der Waals surface area contributed by atoms with Gasteiger partial charge in [0, 0.05) is 12.8 Å². The largest absolute Gasteiger partial charge is 0.466 e. The average molecular weight is 1180 g/mol. The van der Waals surface area contributed by atoms with E-state index in [4.69, 9.17) is 4.74 Å². The molecular formula is C78H147NO5. The van der Waals surface area contributed by atoms with E-state index in [-0.39, 0.29) is 18.5 Å². The standard InChI is InChI=1S/C78H147NO5/c1-3-5-7-9-11-13-15-17-18-40-43-47-50-54-58-62-66-70-76(81)75(74-80)79-77(82)71-67-63-59-55-51-48-44-41-38-36-34-32-30-28-26-24-22-20-19-21-23-25-27-29-31-33-35-37-39-42-45-49-53-57-61-65-69-73-84-78(83)72-68-64-60-56-52-46-16-14-12-10-8-6-4-2/h8,10,14,16,19,21,25,27,75-76,80-81H,3-7,9,11-13,15,17-18,20,22-24,26,28-74H2,1-2H3,(H,79,82)/b10-8-,16-14-,21-19-,27-25-. The van der Waals surface area contributed by atoms with E-state index in [2.05, 4.69) is 67.8 Å². The van der Waals surface area contributed by atoms with E-state index in [0.29, 0.717) is 25.9 Å². The lowest BCUT2D eigenvalue weighted by Crippen LogP contribution is -2.45. The van der Waals surface area contributed by atoms with Gasteiger partial charge in [-0.1, -0.05) is 364 Å². The second-order valence-corrected chi connectivity index (χ2v) is 26.0. The number of ether oxygens (including phenoxy) is 1. The Balaban J connectivity index is 3.36. The number of amides is 1. The van der Waals surface area contributed by atoms with Gasteiger partial charge in [-0.25, -0.2) is 0 Å². The summed E-state index contributed by atoms with van der Waals surface area (Å²) >= 11 is 0. The SMILES string of the molecule is CCC/C=C\C/C=C\CCCCCCCC(=O)OCCCCCCCCCCCCCCC/C=C\C/C=C\CCCCCCCCCCCCCCCCCCCC(=O)NC(CO)C(O)CCCCCCCCCCCCCCCCCCC. The highest BCUT2D eigenvalue weighted by molar-refractivity contribution is 5.76. The van der Waals surface area contributed by atoms with Crippen molar-refractivity contribution < 1.29 is 24.5 Å². The summed E-state index contributed by atoms with van der Waals surface area (Å²) in [6, 6.07) is -0.540. The number of hydrogen-bond acceptors (Lipinski definition) is 5. The van der Waals surface area contributed by atoms with Crippen LogP contribution in [0, 0.1) is 0 Å². The Bertz CT molecular complexity index is 1400. The number of hydrogen-bond donors (Lipinski definition) is 3. The van der Waals surface area contributed by atoms with E-state index in [1.165, 1.54) is 321 Å². The molecule has 0 aromatic carbocycles. The lowest BCUT2D eigenvalue weighted by molar-refractivity contribution is -0.143. The van der Waals surface area contributed by atoms with E-state index >= 15 is 0 Å². The summed E-state index contributed by atoms with van der Waals surface area (Å²) in [7, 11) is 0. The van der Waals surface area contributed by atoms with Gasteiger partial charge in [-0.3, -0.25) is 9.59 Å². The predicted octanol–water partition coefficient (Wildman–Crippen LogP) is 24.8. The molecule has 0 saturated heterocycles. The van der Waals surface area contributed by atoms with Crippen LogP contribution >= 0.6 is 0 Å². The maximum Gasteiger partial charge on any atom is 0.305 e. The van der Waals surface area contributed by atoms with Crippen LogP contribution in [-0.4, -0.2) is 47.4 Å². The van der Waals surface area contributed by atoms with Crippen molar-refractivity contribution in [2.75, 3.05) is 13.2 Å².